The number of methoxy groups -OCH3 is 1. The number of hydrogen-bond acceptors (Lipinski definition) is 5. The van der Waals surface area contributed by atoms with Crippen molar-refractivity contribution in [3.05, 3.63) is 41.1 Å². The quantitative estimate of drug-likeness (QED) is 0.944. The van der Waals surface area contributed by atoms with E-state index in [4.69, 9.17) is 10.5 Å². The number of hydrogen-bond donors (Lipinski definition) is 1. The van der Waals surface area contributed by atoms with Gasteiger partial charge in [-0.25, -0.2) is 0 Å². The molecule has 0 spiro atoms. The van der Waals surface area contributed by atoms with Crippen LogP contribution < -0.4 is 15.4 Å². The largest absolute Gasteiger partial charge is 0.467 e. The Bertz CT molecular complexity index is 667. The first-order chi connectivity index (χ1) is 10.6. The molecule has 0 radical (unpaired) electrons. The molecular formula is C17H22N4O. The Hall–Kier alpha value is -2.30. The number of aromatic nitrogens is 2. The third-order valence-corrected chi connectivity index (χ3v) is 4.18. The molecule has 0 atom stereocenters. The standard InChI is InChI=1S/C17H22N4O/c1-11(2)12-4-6-13(7-5-12)21-9-8-15-14(10-21)16(18)20-17(19-15)22-3/h4-7,11H,8-10H2,1-3H3,(H2,18,19,20). The highest BCUT2D eigenvalue weighted by Gasteiger charge is 2.22. The van der Waals surface area contributed by atoms with Gasteiger partial charge < -0.3 is 15.4 Å². The van der Waals surface area contributed by atoms with E-state index < -0.39 is 0 Å². The fraction of sp³-hybridized carbons (Fsp3) is 0.412. The predicted molar refractivity (Wildman–Crippen MR) is 88.3 cm³/mol. The van der Waals surface area contributed by atoms with E-state index in [9.17, 15) is 0 Å². The highest BCUT2D eigenvalue weighted by molar-refractivity contribution is 5.54. The number of nitrogens with zero attached hydrogens (tertiary/aromatic N) is 3. The number of fused-ring (bicyclic) bond motifs is 1. The Morgan fingerprint density at radius 3 is 2.55 bits per heavy atom. The Morgan fingerprint density at radius 1 is 1.18 bits per heavy atom. The lowest BCUT2D eigenvalue weighted by atomic mass is 10.0. The molecule has 0 fully saturated rings. The van der Waals surface area contributed by atoms with Crippen molar-refractivity contribution in [3.63, 3.8) is 0 Å². The molecule has 5 heteroatoms. The summed E-state index contributed by atoms with van der Waals surface area (Å²) in [7, 11) is 1.56. The van der Waals surface area contributed by atoms with Crippen LogP contribution in [0.5, 0.6) is 6.01 Å². The van der Waals surface area contributed by atoms with Crippen LogP contribution in [0.15, 0.2) is 24.3 Å². The molecule has 0 bridgehead atoms. The molecule has 0 unspecified atom stereocenters. The second kappa shape index (κ2) is 5.83. The Labute approximate surface area is 131 Å². The van der Waals surface area contributed by atoms with Gasteiger partial charge in [0.05, 0.1) is 12.8 Å². The number of anilines is 2. The van der Waals surface area contributed by atoms with E-state index in [2.05, 4.69) is 53.0 Å². The average molecular weight is 298 g/mol. The van der Waals surface area contributed by atoms with Crippen LogP contribution in [0.25, 0.3) is 0 Å². The second-order valence-electron chi connectivity index (χ2n) is 5.94. The van der Waals surface area contributed by atoms with Gasteiger partial charge in [0.1, 0.15) is 5.82 Å². The molecule has 22 heavy (non-hydrogen) atoms. The normalized spacial score (nSPS) is 14.1. The molecule has 1 aliphatic heterocycles. The molecular weight excluding hydrogens is 276 g/mol. The van der Waals surface area contributed by atoms with Crippen molar-refractivity contribution in [2.45, 2.75) is 32.7 Å². The van der Waals surface area contributed by atoms with E-state index in [1.54, 1.807) is 7.11 Å². The number of nitrogen functional groups attached to an aromatic ring is 1. The molecule has 116 valence electrons. The molecule has 2 heterocycles. The summed E-state index contributed by atoms with van der Waals surface area (Å²) in [5.74, 6) is 1.07. The smallest absolute Gasteiger partial charge is 0.318 e. The first kappa shape index (κ1) is 14.6. The van der Waals surface area contributed by atoms with Crippen LogP contribution in [-0.2, 0) is 13.0 Å². The summed E-state index contributed by atoms with van der Waals surface area (Å²) in [6.07, 6.45) is 0.852. The van der Waals surface area contributed by atoms with Gasteiger partial charge in [-0.05, 0) is 23.6 Å². The van der Waals surface area contributed by atoms with Crippen molar-refractivity contribution < 1.29 is 4.74 Å². The van der Waals surface area contributed by atoms with E-state index in [0.29, 0.717) is 17.7 Å². The average Bonchev–Trinajstić information content (AvgIpc) is 2.54. The Kier molecular flexibility index (Phi) is 3.88. The van der Waals surface area contributed by atoms with E-state index in [-0.39, 0.29) is 0 Å². The molecule has 0 saturated carbocycles. The molecule has 1 aromatic heterocycles. The number of benzene rings is 1. The zero-order chi connectivity index (χ0) is 15.7. The topological polar surface area (TPSA) is 64.3 Å². The summed E-state index contributed by atoms with van der Waals surface area (Å²) in [5.41, 5.74) is 10.6. The van der Waals surface area contributed by atoms with Crippen molar-refractivity contribution in [1.82, 2.24) is 9.97 Å². The molecule has 1 aromatic carbocycles. The van der Waals surface area contributed by atoms with Gasteiger partial charge in [-0.2, -0.15) is 9.97 Å². The van der Waals surface area contributed by atoms with Crippen LogP contribution >= 0.6 is 0 Å². The highest BCUT2D eigenvalue weighted by Crippen LogP contribution is 2.28. The van der Waals surface area contributed by atoms with Gasteiger partial charge in [0, 0.05) is 30.8 Å². The minimum Gasteiger partial charge on any atom is -0.467 e. The Morgan fingerprint density at radius 2 is 1.91 bits per heavy atom. The van der Waals surface area contributed by atoms with Crippen molar-refractivity contribution in [2.75, 3.05) is 24.3 Å². The highest BCUT2D eigenvalue weighted by atomic mass is 16.5. The van der Waals surface area contributed by atoms with Gasteiger partial charge in [0.25, 0.3) is 0 Å². The lowest BCUT2D eigenvalue weighted by Gasteiger charge is -2.30. The minimum atomic E-state index is 0.353. The van der Waals surface area contributed by atoms with Gasteiger partial charge in [0.2, 0.25) is 0 Å². The summed E-state index contributed by atoms with van der Waals surface area (Å²) in [6.45, 7) is 6.08. The van der Waals surface area contributed by atoms with Gasteiger partial charge in [-0.15, -0.1) is 0 Å². The van der Waals surface area contributed by atoms with Crippen LogP contribution in [0.2, 0.25) is 0 Å². The monoisotopic (exact) mass is 298 g/mol. The first-order valence-corrected chi connectivity index (χ1v) is 7.62. The summed E-state index contributed by atoms with van der Waals surface area (Å²) >= 11 is 0. The molecule has 1 aliphatic rings. The van der Waals surface area contributed by atoms with Crippen LogP contribution in [-0.4, -0.2) is 23.6 Å². The van der Waals surface area contributed by atoms with Crippen molar-refractivity contribution in [3.8, 4) is 6.01 Å². The van der Waals surface area contributed by atoms with Crippen molar-refractivity contribution in [2.24, 2.45) is 0 Å². The molecule has 0 amide bonds. The molecule has 0 aliphatic carbocycles. The number of ether oxygens (including phenoxy) is 1. The third-order valence-electron chi connectivity index (χ3n) is 4.18. The van der Waals surface area contributed by atoms with Gasteiger partial charge in [-0.1, -0.05) is 26.0 Å². The molecule has 5 nitrogen and oxygen atoms in total. The molecule has 3 rings (SSSR count). The van der Waals surface area contributed by atoms with Crippen molar-refractivity contribution >= 4 is 11.5 Å². The molecule has 2 N–H and O–H groups in total. The van der Waals surface area contributed by atoms with E-state index in [1.165, 1.54) is 11.3 Å². The van der Waals surface area contributed by atoms with Crippen LogP contribution in [0, 0.1) is 0 Å². The lowest BCUT2D eigenvalue weighted by molar-refractivity contribution is 0.377. The predicted octanol–water partition coefficient (Wildman–Crippen LogP) is 2.75. The van der Waals surface area contributed by atoms with Gasteiger partial charge in [0.15, 0.2) is 0 Å². The fourth-order valence-corrected chi connectivity index (χ4v) is 2.80. The minimum absolute atomic E-state index is 0.353. The maximum atomic E-state index is 6.06. The molecule has 0 saturated heterocycles. The maximum absolute atomic E-state index is 6.06. The summed E-state index contributed by atoms with van der Waals surface area (Å²) in [4.78, 5) is 10.9. The first-order valence-electron chi connectivity index (χ1n) is 7.62. The van der Waals surface area contributed by atoms with E-state index in [1.807, 2.05) is 0 Å². The van der Waals surface area contributed by atoms with Gasteiger partial charge >= 0.3 is 6.01 Å². The number of nitrogens with two attached hydrogens (primary N) is 1. The van der Waals surface area contributed by atoms with Crippen LogP contribution in [0.1, 0.15) is 36.6 Å². The lowest BCUT2D eigenvalue weighted by Crippen LogP contribution is -2.32. The maximum Gasteiger partial charge on any atom is 0.318 e. The Balaban J connectivity index is 1.85. The summed E-state index contributed by atoms with van der Waals surface area (Å²) in [5, 5.41) is 0. The summed E-state index contributed by atoms with van der Waals surface area (Å²) < 4.78 is 5.09. The van der Waals surface area contributed by atoms with Crippen LogP contribution in [0.3, 0.4) is 0 Å². The zero-order valence-electron chi connectivity index (χ0n) is 13.3. The van der Waals surface area contributed by atoms with Gasteiger partial charge in [-0.3, -0.25) is 0 Å². The fourth-order valence-electron chi connectivity index (χ4n) is 2.80. The third kappa shape index (κ3) is 2.71. The summed E-state index contributed by atoms with van der Waals surface area (Å²) in [6, 6.07) is 9.11. The molecule has 2 aromatic rings. The van der Waals surface area contributed by atoms with Crippen LogP contribution in [0.4, 0.5) is 11.5 Å². The van der Waals surface area contributed by atoms with Crippen molar-refractivity contribution in [1.29, 1.82) is 0 Å². The zero-order valence-corrected chi connectivity index (χ0v) is 13.3. The SMILES string of the molecule is COc1nc(N)c2c(n1)CCN(c1ccc(C(C)C)cc1)C2. The van der Waals surface area contributed by atoms with E-state index >= 15 is 0 Å². The second-order valence-corrected chi connectivity index (χ2v) is 5.94. The number of rotatable bonds is 3. The van der Waals surface area contributed by atoms with E-state index in [0.717, 1.165) is 30.8 Å².